The van der Waals surface area contributed by atoms with Gasteiger partial charge in [0.25, 0.3) is 0 Å². The molecule has 0 aliphatic carbocycles. The molecule has 3 rings (SSSR count). The molecule has 11 heteroatoms. The van der Waals surface area contributed by atoms with Crippen molar-refractivity contribution in [2.75, 3.05) is 17.9 Å². The largest absolute Gasteiger partial charge is 0.464 e. The highest BCUT2D eigenvalue weighted by Gasteiger charge is 2.38. The smallest absolute Gasteiger partial charge is 0.433 e. The Bertz CT molecular complexity index is 1020. The SMILES string of the molecule is O=C(OCCCCc1ccccc1)[C@@H]1CCCCN1S(=O)(=O)Nc1ccc(C(F)(F)F)nc1. The molecule has 1 aliphatic rings. The number of ether oxygens (including phenoxy) is 1. The summed E-state index contributed by atoms with van der Waals surface area (Å²) in [5.74, 6) is -0.620. The van der Waals surface area contributed by atoms with Crippen LogP contribution in [0.5, 0.6) is 0 Å². The van der Waals surface area contributed by atoms with E-state index in [4.69, 9.17) is 4.74 Å². The zero-order valence-corrected chi connectivity index (χ0v) is 18.7. The van der Waals surface area contributed by atoms with Crippen molar-refractivity contribution in [1.29, 1.82) is 0 Å². The number of nitrogens with zero attached hydrogens (tertiary/aromatic N) is 2. The summed E-state index contributed by atoms with van der Waals surface area (Å²) in [6.07, 6.45) is 0.0454. The van der Waals surface area contributed by atoms with Gasteiger partial charge in [-0.25, -0.2) is 4.98 Å². The maximum Gasteiger partial charge on any atom is 0.433 e. The van der Waals surface area contributed by atoms with Gasteiger partial charge in [-0.2, -0.15) is 25.9 Å². The Labute approximate surface area is 191 Å². The summed E-state index contributed by atoms with van der Waals surface area (Å²) in [5, 5.41) is 0. The fourth-order valence-corrected chi connectivity index (χ4v) is 5.03. The average Bonchev–Trinajstić information content (AvgIpc) is 2.79. The monoisotopic (exact) mass is 485 g/mol. The van der Waals surface area contributed by atoms with Gasteiger partial charge in [0.2, 0.25) is 0 Å². The van der Waals surface area contributed by atoms with Gasteiger partial charge < -0.3 is 4.74 Å². The summed E-state index contributed by atoms with van der Waals surface area (Å²) >= 11 is 0. The zero-order chi connectivity index (χ0) is 23.9. The first kappa shape index (κ1) is 25.0. The molecule has 2 heterocycles. The van der Waals surface area contributed by atoms with E-state index in [2.05, 4.69) is 9.71 Å². The Morgan fingerprint density at radius 3 is 2.55 bits per heavy atom. The van der Waals surface area contributed by atoms with Crippen molar-refractivity contribution >= 4 is 21.9 Å². The fourth-order valence-electron chi connectivity index (χ4n) is 3.60. The molecule has 1 atom stereocenters. The molecule has 0 amide bonds. The van der Waals surface area contributed by atoms with Gasteiger partial charge in [0.15, 0.2) is 0 Å². The molecule has 0 saturated carbocycles. The van der Waals surface area contributed by atoms with Crippen molar-refractivity contribution in [3.63, 3.8) is 0 Å². The summed E-state index contributed by atoms with van der Waals surface area (Å²) in [6.45, 7) is 0.295. The molecule has 2 aromatic rings. The maximum absolute atomic E-state index is 12.8. The number of anilines is 1. The van der Waals surface area contributed by atoms with Crippen LogP contribution in [-0.2, 0) is 32.3 Å². The number of rotatable bonds is 9. The Morgan fingerprint density at radius 2 is 1.88 bits per heavy atom. The van der Waals surface area contributed by atoms with Crippen LogP contribution in [0.25, 0.3) is 0 Å². The van der Waals surface area contributed by atoms with Crippen LogP contribution in [0, 0.1) is 0 Å². The zero-order valence-electron chi connectivity index (χ0n) is 17.9. The topological polar surface area (TPSA) is 88.6 Å². The number of unbranched alkanes of at least 4 members (excludes halogenated alkanes) is 1. The molecule has 33 heavy (non-hydrogen) atoms. The minimum absolute atomic E-state index is 0.108. The van der Waals surface area contributed by atoms with Crippen molar-refractivity contribution in [3.8, 4) is 0 Å². The maximum atomic E-state index is 12.8. The second kappa shape index (κ2) is 11.0. The molecule has 1 aromatic heterocycles. The molecule has 0 radical (unpaired) electrons. The van der Waals surface area contributed by atoms with E-state index in [0.29, 0.717) is 31.7 Å². The number of hydrogen-bond acceptors (Lipinski definition) is 5. The number of aryl methyl sites for hydroxylation is 1. The molecule has 180 valence electrons. The molecule has 1 N–H and O–H groups in total. The minimum Gasteiger partial charge on any atom is -0.464 e. The second-order valence-corrected chi connectivity index (χ2v) is 9.39. The van der Waals surface area contributed by atoms with Crippen LogP contribution in [0.2, 0.25) is 0 Å². The van der Waals surface area contributed by atoms with Gasteiger partial charge in [-0.3, -0.25) is 9.52 Å². The number of carbonyl (C=O) groups is 1. The molecule has 0 unspecified atom stereocenters. The van der Waals surface area contributed by atoms with Crippen LogP contribution in [0.4, 0.5) is 18.9 Å². The van der Waals surface area contributed by atoms with Gasteiger partial charge in [-0.1, -0.05) is 30.3 Å². The lowest BCUT2D eigenvalue weighted by Gasteiger charge is -2.33. The van der Waals surface area contributed by atoms with Gasteiger partial charge in [0.05, 0.1) is 18.5 Å². The number of esters is 1. The Morgan fingerprint density at radius 1 is 1.12 bits per heavy atom. The molecule has 1 saturated heterocycles. The van der Waals surface area contributed by atoms with E-state index in [1.54, 1.807) is 0 Å². The number of hydrogen-bond donors (Lipinski definition) is 1. The van der Waals surface area contributed by atoms with Crippen LogP contribution in [0.3, 0.4) is 0 Å². The highest BCUT2D eigenvalue weighted by atomic mass is 32.2. The average molecular weight is 486 g/mol. The summed E-state index contributed by atoms with van der Waals surface area (Å²) in [5.41, 5.74) is -0.0593. The Kier molecular flexibility index (Phi) is 8.30. The number of nitrogens with one attached hydrogen (secondary N) is 1. The quantitative estimate of drug-likeness (QED) is 0.425. The van der Waals surface area contributed by atoms with E-state index in [0.717, 1.165) is 29.4 Å². The lowest BCUT2D eigenvalue weighted by atomic mass is 10.1. The first-order valence-electron chi connectivity index (χ1n) is 10.7. The normalized spacial score (nSPS) is 17.5. The van der Waals surface area contributed by atoms with Crippen molar-refractivity contribution in [2.45, 2.75) is 50.7 Å². The number of carbonyl (C=O) groups excluding carboxylic acids is 1. The highest BCUT2D eigenvalue weighted by Crippen LogP contribution is 2.28. The van der Waals surface area contributed by atoms with E-state index in [1.807, 2.05) is 30.3 Å². The predicted octanol–water partition coefficient (Wildman–Crippen LogP) is 4.18. The van der Waals surface area contributed by atoms with E-state index in [-0.39, 0.29) is 18.8 Å². The first-order valence-corrected chi connectivity index (χ1v) is 12.1. The van der Waals surface area contributed by atoms with Gasteiger partial charge >= 0.3 is 22.4 Å². The van der Waals surface area contributed by atoms with Crippen LogP contribution in [0.1, 0.15) is 43.4 Å². The van der Waals surface area contributed by atoms with Crippen molar-refractivity contribution < 1.29 is 31.1 Å². The fraction of sp³-hybridized carbons (Fsp3) is 0.455. The number of piperidine rings is 1. The van der Waals surface area contributed by atoms with Gasteiger partial charge in [-0.15, -0.1) is 0 Å². The third kappa shape index (κ3) is 7.16. The van der Waals surface area contributed by atoms with E-state index >= 15 is 0 Å². The van der Waals surface area contributed by atoms with Crippen molar-refractivity contribution in [3.05, 3.63) is 59.9 Å². The molecule has 1 aromatic carbocycles. The number of aromatic nitrogens is 1. The third-order valence-electron chi connectivity index (χ3n) is 5.28. The number of benzene rings is 1. The van der Waals surface area contributed by atoms with Crippen molar-refractivity contribution in [1.82, 2.24) is 9.29 Å². The number of pyridine rings is 1. The third-order valence-corrected chi connectivity index (χ3v) is 6.83. The minimum atomic E-state index is -4.62. The highest BCUT2D eigenvalue weighted by molar-refractivity contribution is 7.90. The summed E-state index contributed by atoms with van der Waals surface area (Å²) < 4.78 is 72.2. The molecule has 1 aliphatic heterocycles. The molecular formula is C22H26F3N3O4S. The summed E-state index contributed by atoms with van der Waals surface area (Å²) in [7, 11) is -4.19. The summed E-state index contributed by atoms with van der Waals surface area (Å²) in [4.78, 5) is 15.9. The second-order valence-electron chi connectivity index (χ2n) is 7.77. The molecule has 0 spiro atoms. The van der Waals surface area contributed by atoms with E-state index < -0.39 is 34.1 Å². The predicted molar refractivity (Wildman–Crippen MR) is 116 cm³/mol. The van der Waals surface area contributed by atoms with Gasteiger partial charge in [0.1, 0.15) is 11.7 Å². The molecule has 7 nitrogen and oxygen atoms in total. The first-order chi connectivity index (χ1) is 15.7. The van der Waals surface area contributed by atoms with Gasteiger partial charge in [0, 0.05) is 6.54 Å². The lowest BCUT2D eigenvalue weighted by molar-refractivity contribution is -0.149. The molecule has 0 bridgehead atoms. The van der Waals surface area contributed by atoms with E-state index in [1.165, 1.54) is 5.56 Å². The molecule has 1 fully saturated rings. The lowest BCUT2D eigenvalue weighted by Crippen LogP contribution is -2.50. The van der Waals surface area contributed by atoms with Crippen LogP contribution in [-0.4, -0.2) is 42.9 Å². The standard InChI is InChI=1S/C22H26F3N3O4S/c23-22(24,25)20-13-12-18(16-26-20)27-33(30,31)28-14-6-4-11-19(28)21(29)32-15-7-5-10-17-8-2-1-3-9-17/h1-3,8-9,12-13,16,19,27H,4-7,10-11,14-15H2/t19-/m0/s1. The Balaban J connectivity index is 1.54. The van der Waals surface area contributed by atoms with Crippen molar-refractivity contribution in [2.24, 2.45) is 0 Å². The van der Waals surface area contributed by atoms with E-state index in [9.17, 15) is 26.4 Å². The summed E-state index contributed by atoms with van der Waals surface area (Å²) in [6, 6.07) is 10.6. The van der Waals surface area contributed by atoms with Gasteiger partial charge in [-0.05, 0) is 56.2 Å². The number of alkyl halides is 3. The Hall–Kier alpha value is -2.66. The number of halogens is 3. The van der Waals surface area contributed by atoms with Crippen LogP contribution in [0.15, 0.2) is 48.7 Å². The van der Waals surface area contributed by atoms with Crippen LogP contribution >= 0.6 is 0 Å². The molecular weight excluding hydrogens is 459 g/mol. The van der Waals surface area contributed by atoms with Crippen LogP contribution < -0.4 is 4.72 Å².